The van der Waals surface area contributed by atoms with Crippen molar-refractivity contribution in [2.75, 3.05) is 6.54 Å². The van der Waals surface area contributed by atoms with Crippen LogP contribution in [0.4, 0.5) is 0 Å². The Bertz CT molecular complexity index is 614. The van der Waals surface area contributed by atoms with E-state index in [1.807, 2.05) is 23.5 Å². The highest BCUT2D eigenvalue weighted by atomic mass is 35.5. The fraction of sp³-hybridized carbons (Fsp3) is 0.412. The Balaban J connectivity index is 1.98. The minimum atomic E-state index is 0.145. The maximum Gasteiger partial charge on any atom is 0.0686 e. The third-order valence-electron chi connectivity index (χ3n) is 3.94. The molecule has 1 aromatic carbocycles. The average Bonchev–Trinajstić information content (AvgIpc) is 3.05. The summed E-state index contributed by atoms with van der Waals surface area (Å²) in [4.78, 5) is 2.91. The zero-order chi connectivity index (χ0) is 14.8. The van der Waals surface area contributed by atoms with Crippen LogP contribution in [0.3, 0.4) is 0 Å². The number of hydrogen-bond acceptors (Lipinski definition) is 2. The van der Waals surface area contributed by atoms with Crippen molar-refractivity contribution in [2.24, 2.45) is 0 Å². The van der Waals surface area contributed by atoms with Gasteiger partial charge in [-0.05, 0) is 55.5 Å². The average molecular weight is 340 g/mol. The molecule has 0 radical (unpaired) electrons. The van der Waals surface area contributed by atoms with Gasteiger partial charge in [0.2, 0.25) is 0 Å². The lowest BCUT2D eigenvalue weighted by Crippen LogP contribution is -2.22. The van der Waals surface area contributed by atoms with Crippen LogP contribution in [-0.2, 0) is 12.8 Å². The Labute approximate surface area is 140 Å². The van der Waals surface area contributed by atoms with E-state index in [-0.39, 0.29) is 6.04 Å². The van der Waals surface area contributed by atoms with Gasteiger partial charge in [0, 0.05) is 9.75 Å². The second-order valence-corrected chi connectivity index (χ2v) is 7.43. The standard InChI is InChI=1S/C17H19Cl2NS/c1-2-9-20-17(12-6-4-7-13(18)16(12)19)15-10-11-5-3-8-14(11)21-15/h4,6-7,10,17,20H,2-3,5,8-9H2,1H3. The number of benzene rings is 1. The van der Waals surface area contributed by atoms with Crippen LogP contribution in [0.5, 0.6) is 0 Å². The molecule has 0 spiro atoms. The molecule has 1 N–H and O–H groups in total. The SMILES string of the molecule is CCCNC(c1cc2c(s1)CCC2)c1cccc(Cl)c1Cl. The Hall–Kier alpha value is -0.540. The summed E-state index contributed by atoms with van der Waals surface area (Å²) in [6.07, 6.45) is 4.84. The Morgan fingerprint density at radius 2 is 2.14 bits per heavy atom. The van der Waals surface area contributed by atoms with Crippen LogP contribution in [0.15, 0.2) is 24.3 Å². The van der Waals surface area contributed by atoms with Gasteiger partial charge in [0.05, 0.1) is 16.1 Å². The Morgan fingerprint density at radius 1 is 1.29 bits per heavy atom. The van der Waals surface area contributed by atoms with E-state index in [4.69, 9.17) is 23.2 Å². The molecule has 4 heteroatoms. The molecule has 21 heavy (non-hydrogen) atoms. The number of nitrogens with one attached hydrogen (secondary N) is 1. The van der Waals surface area contributed by atoms with E-state index in [9.17, 15) is 0 Å². The van der Waals surface area contributed by atoms with Crippen molar-refractivity contribution < 1.29 is 0 Å². The molecule has 0 aliphatic heterocycles. The first kappa shape index (κ1) is 15.4. The molecule has 0 fully saturated rings. The third kappa shape index (κ3) is 3.14. The molecule has 0 saturated carbocycles. The van der Waals surface area contributed by atoms with Gasteiger partial charge >= 0.3 is 0 Å². The summed E-state index contributed by atoms with van der Waals surface area (Å²) in [7, 11) is 0. The van der Waals surface area contributed by atoms with Crippen LogP contribution in [0, 0.1) is 0 Å². The van der Waals surface area contributed by atoms with E-state index in [1.165, 1.54) is 29.7 Å². The maximum absolute atomic E-state index is 6.44. The van der Waals surface area contributed by atoms with Crippen molar-refractivity contribution in [3.05, 3.63) is 55.2 Å². The predicted molar refractivity (Wildman–Crippen MR) is 92.9 cm³/mol. The molecule has 1 atom stereocenters. The van der Waals surface area contributed by atoms with Crippen LogP contribution < -0.4 is 5.32 Å². The summed E-state index contributed by atoms with van der Waals surface area (Å²) in [5.41, 5.74) is 2.61. The van der Waals surface area contributed by atoms with E-state index in [0.29, 0.717) is 10.0 Å². The monoisotopic (exact) mass is 339 g/mol. The van der Waals surface area contributed by atoms with Crippen molar-refractivity contribution >= 4 is 34.5 Å². The quantitative estimate of drug-likeness (QED) is 0.743. The summed E-state index contributed by atoms with van der Waals surface area (Å²) in [5.74, 6) is 0. The minimum Gasteiger partial charge on any atom is -0.306 e. The van der Waals surface area contributed by atoms with Gasteiger partial charge in [-0.2, -0.15) is 0 Å². The Kier molecular flexibility index (Phi) is 4.90. The molecule has 0 saturated heterocycles. The van der Waals surface area contributed by atoms with Crippen molar-refractivity contribution in [1.82, 2.24) is 5.32 Å². The van der Waals surface area contributed by atoms with E-state index in [0.717, 1.165) is 18.5 Å². The first-order chi connectivity index (χ1) is 10.2. The van der Waals surface area contributed by atoms with Crippen LogP contribution in [0.25, 0.3) is 0 Å². The molecule has 1 heterocycles. The van der Waals surface area contributed by atoms with E-state index in [1.54, 1.807) is 4.88 Å². The van der Waals surface area contributed by atoms with Crippen LogP contribution in [0.2, 0.25) is 10.0 Å². The van der Waals surface area contributed by atoms with E-state index >= 15 is 0 Å². The summed E-state index contributed by atoms with van der Waals surface area (Å²) in [6, 6.07) is 8.40. The smallest absolute Gasteiger partial charge is 0.0686 e. The first-order valence-electron chi connectivity index (χ1n) is 7.49. The van der Waals surface area contributed by atoms with Crippen LogP contribution >= 0.6 is 34.5 Å². The topological polar surface area (TPSA) is 12.0 Å². The number of hydrogen-bond donors (Lipinski definition) is 1. The predicted octanol–water partition coefficient (Wildman–Crippen LogP) is 5.63. The van der Waals surface area contributed by atoms with Crippen molar-refractivity contribution in [3.63, 3.8) is 0 Å². The van der Waals surface area contributed by atoms with Gasteiger partial charge in [-0.25, -0.2) is 0 Å². The molecular formula is C17H19Cl2NS. The number of rotatable bonds is 5. The fourth-order valence-electron chi connectivity index (χ4n) is 2.89. The molecule has 1 nitrogen and oxygen atoms in total. The Morgan fingerprint density at radius 3 is 2.90 bits per heavy atom. The molecule has 112 valence electrons. The lowest BCUT2D eigenvalue weighted by Gasteiger charge is -2.19. The fourth-order valence-corrected chi connectivity index (χ4v) is 4.66. The number of thiophene rings is 1. The van der Waals surface area contributed by atoms with Gasteiger partial charge in [-0.3, -0.25) is 0 Å². The van der Waals surface area contributed by atoms with Crippen molar-refractivity contribution in [3.8, 4) is 0 Å². The summed E-state index contributed by atoms with van der Waals surface area (Å²) in [6.45, 7) is 3.15. The second kappa shape index (κ2) is 6.70. The summed E-state index contributed by atoms with van der Waals surface area (Å²) >= 11 is 14.6. The molecule has 1 aliphatic carbocycles. The lowest BCUT2D eigenvalue weighted by molar-refractivity contribution is 0.605. The molecular weight excluding hydrogens is 321 g/mol. The number of halogens is 2. The highest BCUT2D eigenvalue weighted by Gasteiger charge is 2.23. The first-order valence-corrected chi connectivity index (χ1v) is 9.06. The summed E-state index contributed by atoms with van der Waals surface area (Å²) in [5, 5.41) is 4.92. The van der Waals surface area contributed by atoms with E-state index in [2.05, 4.69) is 24.4 Å². The van der Waals surface area contributed by atoms with E-state index < -0.39 is 0 Å². The van der Waals surface area contributed by atoms with Gasteiger partial charge in [-0.15, -0.1) is 11.3 Å². The minimum absolute atomic E-state index is 0.145. The van der Waals surface area contributed by atoms with Crippen molar-refractivity contribution in [2.45, 2.75) is 38.6 Å². The second-order valence-electron chi connectivity index (χ2n) is 5.48. The zero-order valence-electron chi connectivity index (χ0n) is 12.1. The van der Waals surface area contributed by atoms with Gasteiger partial charge in [-0.1, -0.05) is 42.3 Å². The van der Waals surface area contributed by atoms with Gasteiger partial charge in [0.15, 0.2) is 0 Å². The molecule has 1 aromatic heterocycles. The number of aryl methyl sites for hydroxylation is 2. The van der Waals surface area contributed by atoms with Crippen LogP contribution in [0.1, 0.15) is 46.7 Å². The highest BCUT2D eigenvalue weighted by Crippen LogP contribution is 2.39. The highest BCUT2D eigenvalue weighted by molar-refractivity contribution is 7.12. The molecule has 0 bridgehead atoms. The summed E-state index contributed by atoms with van der Waals surface area (Å²) < 4.78 is 0. The largest absolute Gasteiger partial charge is 0.306 e. The molecule has 0 amide bonds. The zero-order valence-corrected chi connectivity index (χ0v) is 14.4. The van der Waals surface area contributed by atoms with Gasteiger partial charge in [0.25, 0.3) is 0 Å². The normalized spacial score (nSPS) is 15.2. The van der Waals surface area contributed by atoms with Crippen molar-refractivity contribution in [1.29, 1.82) is 0 Å². The number of fused-ring (bicyclic) bond motifs is 1. The molecule has 1 aliphatic rings. The molecule has 1 unspecified atom stereocenters. The lowest BCUT2D eigenvalue weighted by atomic mass is 10.0. The van der Waals surface area contributed by atoms with Crippen LogP contribution in [-0.4, -0.2) is 6.54 Å². The third-order valence-corrected chi connectivity index (χ3v) is 6.08. The maximum atomic E-state index is 6.44. The molecule has 2 aromatic rings. The van der Waals surface area contributed by atoms with Gasteiger partial charge < -0.3 is 5.32 Å². The molecule has 3 rings (SSSR count). The van der Waals surface area contributed by atoms with Gasteiger partial charge in [0.1, 0.15) is 0 Å².